The number of allylic oxidation sites excluding steroid dienone is 1. The smallest absolute Gasteiger partial charge is 0.106 e. The third-order valence-corrected chi connectivity index (χ3v) is 1.68. The molecule has 2 unspecified atom stereocenters. The van der Waals surface area contributed by atoms with Crippen LogP contribution < -0.4 is 11.5 Å². The van der Waals surface area contributed by atoms with E-state index in [1.807, 2.05) is 13.0 Å². The maximum atomic E-state index is 5.62. The van der Waals surface area contributed by atoms with Crippen molar-refractivity contribution in [2.24, 2.45) is 11.5 Å². The molecule has 0 aromatic rings. The van der Waals surface area contributed by atoms with E-state index in [1.54, 1.807) is 0 Å². The van der Waals surface area contributed by atoms with Crippen molar-refractivity contribution in [1.82, 2.24) is 0 Å². The SMILES string of the molecule is CC1OC(N)CCC=C1N. The molecule has 0 amide bonds. The van der Waals surface area contributed by atoms with Gasteiger partial charge in [-0.25, -0.2) is 0 Å². The Balaban J connectivity index is 2.55. The van der Waals surface area contributed by atoms with Crippen LogP contribution in [-0.2, 0) is 4.74 Å². The van der Waals surface area contributed by atoms with E-state index in [0.717, 1.165) is 18.5 Å². The van der Waals surface area contributed by atoms with Crippen molar-refractivity contribution < 1.29 is 4.74 Å². The minimum atomic E-state index is -0.146. The van der Waals surface area contributed by atoms with Crippen molar-refractivity contribution in [2.75, 3.05) is 0 Å². The lowest BCUT2D eigenvalue weighted by molar-refractivity contribution is 0.0207. The summed E-state index contributed by atoms with van der Waals surface area (Å²) >= 11 is 0. The Bertz CT molecular complexity index is 145. The summed E-state index contributed by atoms with van der Waals surface area (Å²) in [4.78, 5) is 0. The Morgan fingerprint density at radius 3 is 3.10 bits per heavy atom. The third kappa shape index (κ3) is 1.72. The van der Waals surface area contributed by atoms with E-state index in [-0.39, 0.29) is 12.3 Å². The van der Waals surface area contributed by atoms with E-state index < -0.39 is 0 Å². The molecular weight excluding hydrogens is 128 g/mol. The van der Waals surface area contributed by atoms with Crippen molar-refractivity contribution in [1.29, 1.82) is 0 Å². The molecule has 0 aliphatic carbocycles. The van der Waals surface area contributed by atoms with Gasteiger partial charge in [0.15, 0.2) is 0 Å². The van der Waals surface area contributed by atoms with E-state index in [4.69, 9.17) is 16.2 Å². The summed E-state index contributed by atoms with van der Waals surface area (Å²) in [7, 11) is 0. The maximum absolute atomic E-state index is 5.62. The van der Waals surface area contributed by atoms with Gasteiger partial charge in [-0.1, -0.05) is 6.08 Å². The normalized spacial score (nSPS) is 34.8. The van der Waals surface area contributed by atoms with Gasteiger partial charge in [0.2, 0.25) is 0 Å². The molecule has 3 nitrogen and oxygen atoms in total. The first-order valence-electron chi connectivity index (χ1n) is 3.56. The van der Waals surface area contributed by atoms with Gasteiger partial charge in [0.05, 0.1) is 6.10 Å². The van der Waals surface area contributed by atoms with Crippen LogP contribution in [0, 0.1) is 0 Å². The molecule has 10 heavy (non-hydrogen) atoms. The fourth-order valence-corrected chi connectivity index (χ4v) is 0.989. The lowest BCUT2D eigenvalue weighted by atomic mass is 10.2. The Hall–Kier alpha value is -0.540. The lowest BCUT2D eigenvalue weighted by Crippen LogP contribution is -2.28. The summed E-state index contributed by atoms with van der Waals surface area (Å²) in [6.45, 7) is 1.91. The van der Waals surface area contributed by atoms with Crippen LogP contribution in [0.4, 0.5) is 0 Å². The first kappa shape index (κ1) is 7.57. The van der Waals surface area contributed by atoms with E-state index in [2.05, 4.69) is 0 Å². The third-order valence-electron chi connectivity index (χ3n) is 1.68. The van der Waals surface area contributed by atoms with Crippen LogP contribution in [0.3, 0.4) is 0 Å². The van der Waals surface area contributed by atoms with Gasteiger partial charge in [0.25, 0.3) is 0 Å². The molecule has 1 aliphatic heterocycles. The van der Waals surface area contributed by atoms with Gasteiger partial charge in [-0.15, -0.1) is 0 Å². The van der Waals surface area contributed by atoms with Crippen LogP contribution >= 0.6 is 0 Å². The highest BCUT2D eigenvalue weighted by atomic mass is 16.5. The van der Waals surface area contributed by atoms with Crippen LogP contribution in [0.2, 0.25) is 0 Å². The van der Waals surface area contributed by atoms with Crippen LogP contribution in [0.25, 0.3) is 0 Å². The summed E-state index contributed by atoms with van der Waals surface area (Å²) in [5.41, 5.74) is 12.0. The van der Waals surface area contributed by atoms with Crippen molar-refractivity contribution in [3.05, 3.63) is 11.8 Å². The molecule has 3 heteroatoms. The Morgan fingerprint density at radius 1 is 1.70 bits per heavy atom. The molecule has 58 valence electrons. The molecule has 0 bridgehead atoms. The topological polar surface area (TPSA) is 61.3 Å². The molecule has 1 aliphatic rings. The summed E-state index contributed by atoms with van der Waals surface area (Å²) < 4.78 is 5.31. The molecule has 4 N–H and O–H groups in total. The highest BCUT2D eigenvalue weighted by Gasteiger charge is 2.13. The van der Waals surface area contributed by atoms with Gasteiger partial charge in [0.1, 0.15) is 6.23 Å². The van der Waals surface area contributed by atoms with E-state index in [9.17, 15) is 0 Å². The van der Waals surface area contributed by atoms with Gasteiger partial charge in [0, 0.05) is 5.70 Å². The fourth-order valence-electron chi connectivity index (χ4n) is 0.989. The average molecular weight is 142 g/mol. The largest absolute Gasteiger partial charge is 0.400 e. The molecule has 1 heterocycles. The number of ether oxygens (including phenoxy) is 1. The number of rotatable bonds is 0. The Kier molecular flexibility index (Phi) is 2.29. The second-order valence-corrected chi connectivity index (χ2v) is 2.60. The van der Waals surface area contributed by atoms with Gasteiger partial charge in [-0.3, -0.25) is 0 Å². The predicted octanol–water partition coefficient (Wildman–Crippen LogP) is 0.313. The molecule has 0 saturated carbocycles. The number of nitrogens with two attached hydrogens (primary N) is 2. The van der Waals surface area contributed by atoms with Crippen molar-refractivity contribution in [3.8, 4) is 0 Å². The highest BCUT2D eigenvalue weighted by molar-refractivity contribution is 5.03. The summed E-state index contributed by atoms with van der Waals surface area (Å²) in [5.74, 6) is 0. The second-order valence-electron chi connectivity index (χ2n) is 2.60. The van der Waals surface area contributed by atoms with E-state index in [0.29, 0.717) is 0 Å². The molecule has 0 fully saturated rings. The fraction of sp³-hybridized carbons (Fsp3) is 0.714. The minimum absolute atomic E-state index is 0.0162. The molecule has 0 aromatic heterocycles. The van der Waals surface area contributed by atoms with Gasteiger partial charge >= 0.3 is 0 Å². The minimum Gasteiger partial charge on any atom is -0.400 e. The molecule has 0 radical (unpaired) electrons. The van der Waals surface area contributed by atoms with Crippen molar-refractivity contribution >= 4 is 0 Å². The Labute approximate surface area is 61.0 Å². The summed E-state index contributed by atoms with van der Waals surface area (Å²) in [6.07, 6.45) is 3.62. The summed E-state index contributed by atoms with van der Waals surface area (Å²) in [5, 5.41) is 0. The zero-order valence-electron chi connectivity index (χ0n) is 6.21. The quantitative estimate of drug-likeness (QED) is 0.511. The average Bonchev–Trinajstić information content (AvgIpc) is 1.96. The number of hydrogen-bond donors (Lipinski definition) is 2. The zero-order valence-corrected chi connectivity index (χ0v) is 6.21. The van der Waals surface area contributed by atoms with Crippen LogP contribution in [0.15, 0.2) is 11.8 Å². The first-order valence-corrected chi connectivity index (χ1v) is 3.56. The van der Waals surface area contributed by atoms with Crippen LogP contribution in [0.5, 0.6) is 0 Å². The molecule has 0 spiro atoms. The van der Waals surface area contributed by atoms with Crippen LogP contribution in [-0.4, -0.2) is 12.3 Å². The van der Waals surface area contributed by atoms with Crippen molar-refractivity contribution in [3.63, 3.8) is 0 Å². The highest BCUT2D eigenvalue weighted by Crippen LogP contribution is 2.11. The van der Waals surface area contributed by atoms with Gasteiger partial charge in [-0.2, -0.15) is 0 Å². The zero-order chi connectivity index (χ0) is 7.56. The van der Waals surface area contributed by atoms with E-state index in [1.165, 1.54) is 0 Å². The second kappa shape index (κ2) is 3.03. The molecule has 0 saturated heterocycles. The first-order chi connectivity index (χ1) is 4.70. The Morgan fingerprint density at radius 2 is 2.40 bits per heavy atom. The van der Waals surface area contributed by atoms with Gasteiger partial charge < -0.3 is 16.2 Å². The van der Waals surface area contributed by atoms with Gasteiger partial charge in [-0.05, 0) is 19.8 Å². The lowest BCUT2D eigenvalue weighted by Gasteiger charge is -2.15. The summed E-state index contributed by atoms with van der Waals surface area (Å²) in [6, 6.07) is 0. The molecule has 2 atom stereocenters. The predicted molar refractivity (Wildman–Crippen MR) is 40.0 cm³/mol. The monoisotopic (exact) mass is 142 g/mol. The molecular formula is C7H14N2O. The van der Waals surface area contributed by atoms with E-state index >= 15 is 0 Å². The number of hydrogen-bond acceptors (Lipinski definition) is 3. The van der Waals surface area contributed by atoms with Crippen LogP contribution in [0.1, 0.15) is 19.8 Å². The standard InChI is InChI=1S/C7H14N2O/c1-5-6(8)3-2-4-7(9)10-5/h3,5,7H,2,4,8-9H2,1H3. The molecule has 0 aromatic carbocycles. The maximum Gasteiger partial charge on any atom is 0.106 e. The molecule has 1 rings (SSSR count). The van der Waals surface area contributed by atoms with Crippen molar-refractivity contribution in [2.45, 2.75) is 32.1 Å².